The maximum Gasteiger partial charge on any atom is 0.407 e. The van der Waals surface area contributed by atoms with Crippen LogP contribution in [0.2, 0.25) is 0 Å². The maximum absolute atomic E-state index is 13.1. The normalized spacial score (nSPS) is 13.5. The molecule has 188 valence electrons. The van der Waals surface area contributed by atoms with Gasteiger partial charge in [0, 0.05) is 24.9 Å². The van der Waals surface area contributed by atoms with Gasteiger partial charge < -0.3 is 20.5 Å². The van der Waals surface area contributed by atoms with Crippen LogP contribution >= 0.6 is 0 Å². The Kier molecular flexibility index (Phi) is 8.90. The summed E-state index contributed by atoms with van der Waals surface area (Å²) in [7, 11) is 0. The molecule has 0 spiro atoms. The van der Waals surface area contributed by atoms with Crippen LogP contribution in [0.4, 0.5) is 4.79 Å². The van der Waals surface area contributed by atoms with Crippen molar-refractivity contribution < 1.29 is 24.2 Å². The zero-order chi connectivity index (χ0) is 25.4. The average Bonchev–Trinajstić information content (AvgIpc) is 3.17. The first-order valence-electron chi connectivity index (χ1n) is 12.4. The van der Waals surface area contributed by atoms with Gasteiger partial charge in [0.15, 0.2) is 0 Å². The molecule has 2 aromatic rings. The number of rotatable bonds is 12. The van der Waals surface area contributed by atoms with Gasteiger partial charge in [0.1, 0.15) is 6.61 Å². The van der Waals surface area contributed by atoms with Crippen LogP contribution in [0.25, 0.3) is 11.1 Å². The molecule has 1 unspecified atom stereocenters. The summed E-state index contributed by atoms with van der Waals surface area (Å²) in [6.07, 6.45) is 1.74. The fourth-order valence-corrected chi connectivity index (χ4v) is 4.80. The number of aliphatic carboxylic acids is 1. The van der Waals surface area contributed by atoms with Gasteiger partial charge in [-0.15, -0.1) is 0 Å². The number of carboxylic acid groups (broad SMARTS) is 1. The molecule has 0 saturated carbocycles. The van der Waals surface area contributed by atoms with Crippen molar-refractivity contribution in [2.75, 3.05) is 13.2 Å². The molecule has 0 fully saturated rings. The van der Waals surface area contributed by atoms with Crippen LogP contribution < -0.4 is 10.6 Å². The smallest absolute Gasteiger partial charge is 0.407 e. The van der Waals surface area contributed by atoms with E-state index < -0.39 is 17.5 Å². The number of amides is 2. The lowest BCUT2D eigenvalue weighted by Crippen LogP contribution is -2.50. The van der Waals surface area contributed by atoms with Crippen LogP contribution in [0.3, 0.4) is 0 Å². The molecular formula is C28H36N2O5. The number of hydrogen-bond acceptors (Lipinski definition) is 4. The van der Waals surface area contributed by atoms with E-state index in [0.717, 1.165) is 11.1 Å². The van der Waals surface area contributed by atoms with E-state index in [1.165, 1.54) is 11.1 Å². The Hall–Kier alpha value is -3.35. The summed E-state index contributed by atoms with van der Waals surface area (Å²) in [6.45, 7) is 6.12. The second-order valence-electron chi connectivity index (χ2n) is 9.33. The summed E-state index contributed by atoms with van der Waals surface area (Å²) in [5.41, 5.74) is 3.88. The second kappa shape index (κ2) is 11.9. The molecule has 1 aliphatic carbocycles. The molecule has 3 N–H and O–H groups in total. The third kappa shape index (κ3) is 6.21. The fraction of sp³-hybridized carbons (Fsp3) is 0.464. The molecular weight excluding hydrogens is 444 g/mol. The van der Waals surface area contributed by atoms with Crippen molar-refractivity contribution in [2.45, 2.75) is 64.8 Å². The number of alkyl carbamates (subject to hydrolysis) is 1. The number of carbonyl (C=O) groups excluding carboxylic acids is 2. The van der Waals surface area contributed by atoms with E-state index in [9.17, 15) is 14.4 Å². The molecule has 0 aromatic heterocycles. The molecule has 35 heavy (non-hydrogen) atoms. The van der Waals surface area contributed by atoms with Gasteiger partial charge in [-0.2, -0.15) is 0 Å². The molecule has 7 heteroatoms. The van der Waals surface area contributed by atoms with Crippen molar-refractivity contribution in [3.8, 4) is 11.1 Å². The first kappa shape index (κ1) is 26.3. The predicted octanol–water partition coefficient (Wildman–Crippen LogP) is 5.09. The minimum absolute atomic E-state index is 0.0230. The zero-order valence-corrected chi connectivity index (χ0v) is 20.8. The number of nitrogens with one attached hydrogen (secondary N) is 2. The van der Waals surface area contributed by atoms with E-state index in [2.05, 4.69) is 34.9 Å². The average molecular weight is 481 g/mol. The molecule has 2 aromatic carbocycles. The van der Waals surface area contributed by atoms with Crippen molar-refractivity contribution in [3.05, 3.63) is 59.7 Å². The number of ether oxygens (including phenoxy) is 1. The Balaban J connectivity index is 1.56. The van der Waals surface area contributed by atoms with Crippen molar-refractivity contribution in [2.24, 2.45) is 5.41 Å². The van der Waals surface area contributed by atoms with Gasteiger partial charge in [0.2, 0.25) is 5.91 Å². The molecule has 0 radical (unpaired) electrons. The standard InChI is InChI=1S/C28H36N2O5/c1-4-28(5-2,26(33)30-19(3)11-10-16-25(31)32)18-29-27(34)35-17-24-22-14-8-6-12-20(22)21-13-7-9-15-23(21)24/h6-9,12-15,19,24H,4-5,10-11,16-18H2,1-3H3,(H,29,34)(H,30,33)(H,31,32). The first-order valence-corrected chi connectivity index (χ1v) is 12.4. The zero-order valence-electron chi connectivity index (χ0n) is 20.8. The largest absolute Gasteiger partial charge is 0.481 e. The minimum atomic E-state index is -0.840. The molecule has 0 bridgehead atoms. The van der Waals surface area contributed by atoms with Gasteiger partial charge in [0.05, 0.1) is 5.41 Å². The van der Waals surface area contributed by atoms with Crippen molar-refractivity contribution in [1.82, 2.24) is 10.6 Å². The molecule has 1 aliphatic rings. The molecule has 1 atom stereocenters. The Morgan fingerprint density at radius 1 is 1.00 bits per heavy atom. The maximum atomic E-state index is 13.1. The van der Waals surface area contributed by atoms with E-state index in [0.29, 0.717) is 25.7 Å². The summed E-state index contributed by atoms with van der Waals surface area (Å²) in [5, 5.41) is 14.6. The second-order valence-corrected chi connectivity index (χ2v) is 9.33. The van der Waals surface area contributed by atoms with Crippen LogP contribution in [-0.2, 0) is 14.3 Å². The van der Waals surface area contributed by atoms with E-state index in [1.54, 1.807) is 0 Å². The summed E-state index contributed by atoms with van der Waals surface area (Å²) in [4.78, 5) is 36.4. The first-order chi connectivity index (χ1) is 16.8. The van der Waals surface area contributed by atoms with Crippen LogP contribution in [0.15, 0.2) is 48.5 Å². The van der Waals surface area contributed by atoms with Crippen LogP contribution in [0.5, 0.6) is 0 Å². The third-order valence-electron chi connectivity index (χ3n) is 7.16. The molecule has 7 nitrogen and oxygen atoms in total. The van der Waals surface area contributed by atoms with Gasteiger partial charge in [-0.1, -0.05) is 62.4 Å². The number of benzene rings is 2. The van der Waals surface area contributed by atoms with E-state index >= 15 is 0 Å². The van der Waals surface area contributed by atoms with Gasteiger partial charge >= 0.3 is 12.1 Å². The SMILES string of the molecule is CCC(CC)(CNC(=O)OCC1c2ccccc2-c2ccccc21)C(=O)NC(C)CCCC(=O)O. The minimum Gasteiger partial charge on any atom is -0.481 e. The van der Waals surface area contributed by atoms with E-state index in [1.807, 2.05) is 45.0 Å². The van der Waals surface area contributed by atoms with Gasteiger partial charge in [-0.05, 0) is 54.9 Å². The lowest BCUT2D eigenvalue weighted by molar-refractivity contribution is -0.137. The Labute approximate surface area is 207 Å². The molecule has 0 heterocycles. The predicted molar refractivity (Wildman–Crippen MR) is 135 cm³/mol. The van der Waals surface area contributed by atoms with Gasteiger partial charge in [0.25, 0.3) is 0 Å². The Bertz CT molecular complexity index is 1000. The third-order valence-corrected chi connectivity index (χ3v) is 7.16. The van der Waals surface area contributed by atoms with E-state index in [4.69, 9.17) is 9.84 Å². The highest BCUT2D eigenvalue weighted by Crippen LogP contribution is 2.44. The number of hydrogen-bond donors (Lipinski definition) is 3. The number of carbonyl (C=O) groups is 3. The van der Waals surface area contributed by atoms with Crippen LogP contribution in [-0.4, -0.2) is 42.3 Å². The van der Waals surface area contributed by atoms with Crippen LogP contribution in [0, 0.1) is 5.41 Å². The fourth-order valence-electron chi connectivity index (χ4n) is 4.80. The lowest BCUT2D eigenvalue weighted by Gasteiger charge is -2.32. The van der Waals surface area contributed by atoms with Gasteiger partial charge in [-0.25, -0.2) is 4.79 Å². The van der Waals surface area contributed by atoms with Gasteiger partial charge in [-0.3, -0.25) is 9.59 Å². The highest BCUT2D eigenvalue weighted by atomic mass is 16.5. The summed E-state index contributed by atoms with van der Waals surface area (Å²) < 4.78 is 5.62. The van der Waals surface area contributed by atoms with Crippen molar-refractivity contribution in [1.29, 1.82) is 0 Å². The van der Waals surface area contributed by atoms with Crippen LogP contribution in [0.1, 0.15) is 69.9 Å². The molecule has 3 rings (SSSR count). The van der Waals surface area contributed by atoms with Crippen molar-refractivity contribution >= 4 is 18.0 Å². The highest BCUT2D eigenvalue weighted by molar-refractivity contribution is 5.84. The molecule has 0 saturated heterocycles. The van der Waals surface area contributed by atoms with Crippen molar-refractivity contribution in [3.63, 3.8) is 0 Å². The summed E-state index contributed by atoms with van der Waals surface area (Å²) >= 11 is 0. The van der Waals surface area contributed by atoms with E-state index in [-0.39, 0.29) is 37.4 Å². The Morgan fingerprint density at radius 2 is 1.57 bits per heavy atom. The Morgan fingerprint density at radius 3 is 2.11 bits per heavy atom. The summed E-state index contributed by atoms with van der Waals surface area (Å²) in [5.74, 6) is -0.998. The molecule has 2 amide bonds. The lowest BCUT2D eigenvalue weighted by atomic mass is 9.81. The molecule has 0 aliphatic heterocycles. The number of carboxylic acids is 1. The highest BCUT2D eigenvalue weighted by Gasteiger charge is 2.36. The summed E-state index contributed by atoms with van der Waals surface area (Å²) in [6, 6.07) is 16.2. The quantitative estimate of drug-likeness (QED) is 0.392. The number of fused-ring (bicyclic) bond motifs is 3. The monoisotopic (exact) mass is 480 g/mol. The topological polar surface area (TPSA) is 105 Å².